The number of rotatable bonds is 3. The highest BCUT2D eigenvalue weighted by Crippen LogP contribution is 2.39. The fraction of sp³-hybridized carbons (Fsp3) is 0.143. The van der Waals surface area contributed by atoms with Crippen molar-refractivity contribution in [1.29, 1.82) is 0 Å². The first kappa shape index (κ1) is 13.3. The molecule has 3 rings (SSSR count). The first-order chi connectivity index (χ1) is 9.65. The highest BCUT2D eigenvalue weighted by molar-refractivity contribution is 6.33. The van der Waals surface area contributed by atoms with Crippen LogP contribution >= 0.6 is 23.2 Å². The topological polar surface area (TPSA) is 30.5 Å². The van der Waals surface area contributed by atoms with Gasteiger partial charge in [-0.1, -0.05) is 35.3 Å². The standard InChI is InChI=1S/C14H10Cl2FNO2/c15-9-3-1-2-8(14(9)17)6-18-11-5-13-12(4-10(11)16)19-7-20-13/h1-5,18H,6-7H2. The fourth-order valence-corrected chi connectivity index (χ4v) is 2.34. The fourth-order valence-electron chi connectivity index (χ4n) is 1.93. The Balaban J connectivity index is 1.80. The van der Waals surface area contributed by atoms with Gasteiger partial charge in [-0.3, -0.25) is 0 Å². The lowest BCUT2D eigenvalue weighted by molar-refractivity contribution is 0.174. The minimum absolute atomic E-state index is 0.0982. The van der Waals surface area contributed by atoms with Crippen LogP contribution in [0.3, 0.4) is 0 Å². The third-order valence-corrected chi connectivity index (χ3v) is 3.57. The highest BCUT2D eigenvalue weighted by atomic mass is 35.5. The number of anilines is 1. The molecule has 1 aliphatic heterocycles. The number of hydrogen-bond acceptors (Lipinski definition) is 3. The Morgan fingerprint density at radius 2 is 1.85 bits per heavy atom. The van der Waals surface area contributed by atoms with Gasteiger partial charge >= 0.3 is 0 Å². The summed E-state index contributed by atoms with van der Waals surface area (Å²) < 4.78 is 24.3. The van der Waals surface area contributed by atoms with Crippen molar-refractivity contribution in [2.45, 2.75) is 6.54 Å². The summed E-state index contributed by atoms with van der Waals surface area (Å²) in [5.74, 6) is 0.788. The van der Waals surface area contributed by atoms with Crippen molar-refractivity contribution in [3.05, 3.63) is 51.8 Å². The second-order valence-corrected chi connectivity index (χ2v) is 5.07. The molecule has 20 heavy (non-hydrogen) atoms. The van der Waals surface area contributed by atoms with E-state index in [-0.39, 0.29) is 18.4 Å². The number of nitrogens with one attached hydrogen (secondary N) is 1. The maximum Gasteiger partial charge on any atom is 0.231 e. The molecule has 0 bridgehead atoms. The summed E-state index contributed by atoms with van der Waals surface area (Å²) in [5.41, 5.74) is 1.11. The van der Waals surface area contributed by atoms with E-state index in [9.17, 15) is 4.39 Å². The molecule has 2 aromatic carbocycles. The summed E-state index contributed by atoms with van der Waals surface area (Å²) in [4.78, 5) is 0. The second-order valence-electron chi connectivity index (χ2n) is 4.25. The Morgan fingerprint density at radius 3 is 2.65 bits per heavy atom. The van der Waals surface area contributed by atoms with E-state index in [4.69, 9.17) is 32.7 Å². The summed E-state index contributed by atoms with van der Waals surface area (Å²) in [6.45, 7) is 0.448. The maximum atomic E-state index is 13.8. The van der Waals surface area contributed by atoms with Gasteiger partial charge in [0.25, 0.3) is 0 Å². The van der Waals surface area contributed by atoms with Gasteiger partial charge in [-0.25, -0.2) is 4.39 Å². The molecule has 3 nitrogen and oxygen atoms in total. The van der Waals surface area contributed by atoms with Gasteiger partial charge < -0.3 is 14.8 Å². The number of fused-ring (bicyclic) bond motifs is 1. The predicted molar refractivity (Wildman–Crippen MR) is 76.3 cm³/mol. The zero-order valence-corrected chi connectivity index (χ0v) is 11.8. The van der Waals surface area contributed by atoms with Crippen molar-refractivity contribution < 1.29 is 13.9 Å². The van der Waals surface area contributed by atoms with Crippen LogP contribution in [0.2, 0.25) is 10.0 Å². The number of benzene rings is 2. The molecule has 104 valence electrons. The molecule has 0 aliphatic carbocycles. The predicted octanol–water partition coefficient (Wildman–Crippen LogP) is 4.47. The van der Waals surface area contributed by atoms with E-state index >= 15 is 0 Å². The Hall–Kier alpha value is -1.65. The lowest BCUT2D eigenvalue weighted by Crippen LogP contribution is -2.02. The average molecular weight is 314 g/mol. The van der Waals surface area contributed by atoms with Gasteiger partial charge in [0.2, 0.25) is 6.79 Å². The third-order valence-electron chi connectivity index (χ3n) is 2.96. The molecule has 1 aliphatic rings. The van der Waals surface area contributed by atoms with Crippen LogP contribution in [0.5, 0.6) is 11.5 Å². The smallest absolute Gasteiger partial charge is 0.231 e. The Kier molecular flexibility index (Phi) is 3.59. The summed E-state index contributed by atoms with van der Waals surface area (Å²) in [6, 6.07) is 8.26. The van der Waals surface area contributed by atoms with E-state index in [1.165, 1.54) is 6.07 Å². The molecule has 6 heteroatoms. The van der Waals surface area contributed by atoms with Crippen molar-refractivity contribution in [3.63, 3.8) is 0 Å². The summed E-state index contributed by atoms with van der Waals surface area (Å²) in [5, 5.41) is 3.64. The zero-order chi connectivity index (χ0) is 14.1. The molecule has 0 saturated carbocycles. The van der Waals surface area contributed by atoms with Crippen molar-refractivity contribution in [3.8, 4) is 11.5 Å². The molecular weight excluding hydrogens is 304 g/mol. The number of hydrogen-bond donors (Lipinski definition) is 1. The molecule has 2 aromatic rings. The Bertz CT molecular complexity index is 664. The molecule has 1 N–H and O–H groups in total. The van der Waals surface area contributed by atoms with Crippen LogP contribution in [0.4, 0.5) is 10.1 Å². The Morgan fingerprint density at radius 1 is 1.10 bits per heavy atom. The number of halogens is 3. The van der Waals surface area contributed by atoms with Crippen LogP contribution in [0, 0.1) is 5.82 Å². The first-order valence-electron chi connectivity index (χ1n) is 5.91. The van der Waals surface area contributed by atoms with Gasteiger partial charge in [0.05, 0.1) is 15.7 Å². The SMILES string of the molecule is Fc1c(Cl)cccc1CNc1cc2c(cc1Cl)OCO2. The summed E-state index contributed by atoms with van der Waals surface area (Å²) >= 11 is 11.9. The van der Waals surface area contributed by atoms with Crippen LogP contribution in [0.15, 0.2) is 30.3 Å². The number of ether oxygens (including phenoxy) is 2. The molecule has 0 aromatic heterocycles. The lowest BCUT2D eigenvalue weighted by Gasteiger charge is -2.10. The third kappa shape index (κ3) is 2.49. The monoisotopic (exact) mass is 313 g/mol. The van der Waals surface area contributed by atoms with Crippen molar-refractivity contribution in [1.82, 2.24) is 0 Å². The van der Waals surface area contributed by atoms with Crippen molar-refractivity contribution in [2.24, 2.45) is 0 Å². The van der Waals surface area contributed by atoms with Crippen molar-refractivity contribution >= 4 is 28.9 Å². The second kappa shape index (κ2) is 5.38. The van der Waals surface area contributed by atoms with E-state index < -0.39 is 5.82 Å². The van der Waals surface area contributed by atoms with E-state index in [2.05, 4.69) is 5.32 Å². The van der Waals surface area contributed by atoms with Crippen LogP contribution in [-0.4, -0.2) is 6.79 Å². The summed E-state index contributed by atoms with van der Waals surface area (Å²) in [6.07, 6.45) is 0. The molecular formula is C14H10Cl2FNO2. The molecule has 0 radical (unpaired) electrons. The van der Waals surface area contributed by atoms with Crippen molar-refractivity contribution in [2.75, 3.05) is 12.1 Å². The van der Waals surface area contributed by atoms with E-state index in [0.29, 0.717) is 27.8 Å². The lowest BCUT2D eigenvalue weighted by atomic mass is 10.2. The minimum atomic E-state index is -0.432. The first-order valence-corrected chi connectivity index (χ1v) is 6.66. The summed E-state index contributed by atoms with van der Waals surface area (Å²) in [7, 11) is 0. The van der Waals surface area contributed by atoms with Gasteiger partial charge in [-0.15, -0.1) is 0 Å². The average Bonchev–Trinajstić information content (AvgIpc) is 2.87. The van der Waals surface area contributed by atoms with Gasteiger partial charge in [0.1, 0.15) is 5.82 Å². The van der Waals surface area contributed by atoms with Gasteiger partial charge in [0.15, 0.2) is 11.5 Å². The normalized spacial score (nSPS) is 12.6. The Labute approximate surface area is 125 Å². The van der Waals surface area contributed by atoms with Crippen LogP contribution < -0.4 is 14.8 Å². The zero-order valence-electron chi connectivity index (χ0n) is 10.3. The molecule has 1 heterocycles. The van der Waals surface area contributed by atoms with Gasteiger partial charge in [-0.05, 0) is 6.07 Å². The largest absolute Gasteiger partial charge is 0.454 e. The maximum absolute atomic E-state index is 13.8. The van der Waals surface area contributed by atoms with Crippen LogP contribution in [-0.2, 0) is 6.54 Å². The minimum Gasteiger partial charge on any atom is -0.454 e. The van der Waals surface area contributed by atoms with Gasteiger partial charge in [0, 0.05) is 24.2 Å². The van der Waals surface area contributed by atoms with Crippen LogP contribution in [0.1, 0.15) is 5.56 Å². The van der Waals surface area contributed by atoms with E-state index in [1.807, 2.05) is 0 Å². The molecule has 0 spiro atoms. The van der Waals surface area contributed by atoms with E-state index in [0.717, 1.165) is 0 Å². The van der Waals surface area contributed by atoms with Crippen LogP contribution in [0.25, 0.3) is 0 Å². The van der Waals surface area contributed by atoms with Gasteiger partial charge in [-0.2, -0.15) is 0 Å². The molecule has 0 fully saturated rings. The molecule has 0 saturated heterocycles. The quantitative estimate of drug-likeness (QED) is 0.906. The molecule has 0 unspecified atom stereocenters. The molecule has 0 atom stereocenters. The molecule has 0 amide bonds. The highest BCUT2D eigenvalue weighted by Gasteiger charge is 2.16. The van der Waals surface area contributed by atoms with E-state index in [1.54, 1.807) is 24.3 Å².